The van der Waals surface area contributed by atoms with Gasteiger partial charge in [0.1, 0.15) is 5.02 Å². The first-order valence-electron chi connectivity index (χ1n) is 6.96. The lowest BCUT2D eigenvalue weighted by Crippen LogP contribution is -2.41. The van der Waals surface area contributed by atoms with Gasteiger partial charge in [-0.3, -0.25) is 10.1 Å². The van der Waals surface area contributed by atoms with Crippen LogP contribution in [0.1, 0.15) is 31.2 Å². The fourth-order valence-corrected chi connectivity index (χ4v) is 3.14. The molecule has 0 aliphatic carbocycles. The Bertz CT molecular complexity index is 505. The van der Waals surface area contributed by atoms with Crippen molar-refractivity contribution >= 4 is 23.0 Å². The molecule has 1 aromatic carbocycles. The minimum Gasteiger partial charge on any atom is -0.368 e. The van der Waals surface area contributed by atoms with Crippen LogP contribution >= 0.6 is 11.6 Å². The third kappa shape index (κ3) is 3.04. The second-order valence-corrected chi connectivity index (χ2v) is 5.67. The fraction of sp³-hybridized carbons (Fsp3) is 0.571. The highest BCUT2D eigenvalue weighted by atomic mass is 35.5. The van der Waals surface area contributed by atoms with E-state index in [0.717, 1.165) is 37.1 Å². The molecule has 0 saturated carbocycles. The van der Waals surface area contributed by atoms with E-state index >= 15 is 0 Å². The fourth-order valence-electron chi connectivity index (χ4n) is 2.92. The lowest BCUT2D eigenvalue weighted by atomic mass is 9.97. The molecular formula is C14H20ClN3O2. The Morgan fingerprint density at radius 2 is 2.25 bits per heavy atom. The molecule has 1 unspecified atom stereocenters. The number of benzene rings is 1. The van der Waals surface area contributed by atoms with Crippen molar-refractivity contribution in [2.24, 2.45) is 5.73 Å². The number of nitro groups is 1. The normalized spacial score (nSPS) is 19.1. The van der Waals surface area contributed by atoms with Crippen molar-refractivity contribution in [1.82, 2.24) is 0 Å². The van der Waals surface area contributed by atoms with Crippen molar-refractivity contribution in [2.45, 2.75) is 38.6 Å². The van der Waals surface area contributed by atoms with E-state index in [-0.39, 0.29) is 10.7 Å². The van der Waals surface area contributed by atoms with E-state index in [2.05, 4.69) is 4.90 Å². The molecule has 20 heavy (non-hydrogen) atoms. The van der Waals surface area contributed by atoms with Crippen LogP contribution in [0.25, 0.3) is 0 Å². The predicted octanol–water partition coefficient (Wildman–Crippen LogP) is 3.26. The molecule has 0 amide bonds. The first-order chi connectivity index (χ1) is 9.54. The number of rotatable bonds is 4. The number of nitrogens with zero attached hydrogens (tertiary/aromatic N) is 2. The molecule has 2 rings (SSSR count). The standard InChI is InChI=1S/C14H20ClN3O2/c1-10-8-14(18(19)20)12(15)9-13(10)17-7-3-2-4-11(17)5-6-16/h8-9,11H,2-7,16H2,1H3. The predicted molar refractivity (Wildman–Crippen MR) is 81.5 cm³/mol. The smallest absolute Gasteiger partial charge is 0.288 e. The number of nitro benzene ring substituents is 1. The molecule has 1 aliphatic rings. The third-order valence-electron chi connectivity index (χ3n) is 3.90. The third-order valence-corrected chi connectivity index (χ3v) is 4.20. The Kier molecular flexibility index (Phi) is 4.83. The van der Waals surface area contributed by atoms with Gasteiger partial charge in [0, 0.05) is 24.3 Å². The van der Waals surface area contributed by atoms with Crippen LogP contribution in [0.2, 0.25) is 5.02 Å². The second kappa shape index (κ2) is 6.41. The van der Waals surface area contributed by atoms with E-state index in [9.17, 15) is 10.1 Å². The van der Waals surface area contributed by atoms with Crippen LogP contribution in [0, 0.1) is 17.0 Å². The summed E-state index contributed by atoms with van der Waals surface area (Å²) in [6.45, 7) is 3.51. The van der Waals surface area contributed by atoms with Gasteiger partial charge >= 0.3 is 0 Å². The Hall–Kier alpha value is -1.33. The first kappa shape index (κ1) is 15.1. The van der Waals surface area contributed by atoms with Crippen molar-refractivity contribution in [3.05, 3.63) is 32.8 Å². The monoisotopic (exact) mass is 297 g/mol. The van der Waals surface area contributed by atoms with Gasteiger partial charge in [0.05, 0.1) is 4.92 Å². The van der Waals surface area contributed by atoms with Crippen molar-refractivity contribution in [2.75, 3.05) is 18.0 Å². The van der Waals surface area contributed by atoms with Crippen molar-refractivity contribution < 1.29 is 4.92 Å². The molecule has 1 atom stereocenters. The van der Waals surface area contributed by atoms with Gasteiger partial charge in [-0.15, -0.1) is 0 Å². The SMILES string of the molecule is Cc1cc([N+](=O)[O-])c(Cl)cc1N1CCCCC1CCN. The Morgan fingerprint density at radius 3 is 2.90 bits per heavy atom. The Morgan fingerprint density at radius 1 is 1.50 bits per heavy atom. The molecule has 1 heterocycles. The summed E-state index contributed by atoms with van der Waals surface area (Å²) in [7, 11) is 0. The van der Waals surface area contributed by atoms with E-state index in [0.29, 0.717) is 12.6 Å². The summed E-state index contributed by atoms with van der Waals surface area (Å²) < 4.78 is 0. The maximum atomic E-state index is 10.9. The van der Waals surface area contributed by atoms with E-state index < -0.39 is 4.92 Å². The minimum atomic E-state index is -0.438. The average Bonchev–Trinajstić information content (AvgIpc) is 2.42. The van der Waals surface area contributed by atoms with Gasteiger partial charge in [0.15, 0.2) is 0 Å². The van der Waals surface area contributed by atoms with Crippen LogP contribution < -0.4 is 10.6 Å². The van der Waals surface area contributed by atoms with E-state index in [1.165, 1.54) is 6.42 Å². The van der Waals surface area contributed by atoms with Crippen molar-refractivity contribution in [1.29, 1.82) is 0 Å². The van der Waals surface area contributed by atoms with Crippen LogP contribution in [0.4, 0.5) is 11.4 Å². The van der Waals surface area contributed by atoms with Gasteiger partial charge in [-0.05, 0) is 50.8 Å². The van der Waals surface area contributed by atoms with Crippen LogP contribution in [0.15, 0.2) is 12.1 Å². The van der Waals surface area contributed by atoms with Gasteiger partial charge in [0.2, 0.25) is 0 Å². The van der Waals surface area contributed by atoms with Crippen molar-refractivity contribution in [3.63, 3.8) is 0 Å². The largest absolute Gasteiger partial charge is 0.368 e. The van der Waals surface area contributed by atoms with Gasteiger partial charge < -0.3 is 10.6 Å². The van der Waals surface area contributed by atoms with Gasteiger partial charge in [-0.2, -0.15) is 0 Å². The van der Waals surface area contributed by atoms with Gasteiger partial charge in [-0.25, -0.2) is 0 Å². The zero-order valence-corrected chi connectivity index (χ0v) is 12.4. The molecule has 0 spiro atoms. The van der Waals surface area contributed by atoms with Crippen molar-refractivity contribution in [3.8, 4) is 0 Å². The summed E-state index contributed by atoms with van der Waals surface area (Å²) in [5.74, 6) is 0. The summed E-state index contributed by atoms with van der Waals surface area (Å²) in [6.07, 6.45) is 4.40. The Labute approximate surface area is 123 Å². The molecule has 1 aromatic rings. The highest BCUT2D eigenvalue weighted by Crippen LogP contribution is 2.35. The van der Waals surface area contributed by atoms with Gasteiger partial charge in [0.25, 0.3) is 5.69 Å². The highest BCUT2D eigenvalue weighted by molar-refractivity contribution is 6.33. The number of anilines is 1. The maximum Gasteiger partial charge on any atom is 0.288 e. The number of aryl methyl sites for hydroxylation is 1. The number of hydrogen-bond donors (Lipinski definition) is 1. The Balaban J connectivity index is 2.35. The lowest BCUT2D eigenvalue weighted by molar-refractivity contribution is -0.384. The van der Waals surface area contributed by atoms with Crippen LogP contribution in [0.3, 0.4) is 0 Å². The molecular weight excluding hydrogens is 278 g/mol. The molecule has 1 saturated heterocycles. The van der Waals surface area contributed by atoms with Crippen LogP contribution in [-0.4, -0.2) is 24.1 Å². The molecule has 1 aliphatic heterocycles. The van der Waals surface area contributed by atoms with E-state index in [1.807, 2.05) is 6.92 Å². The molecule has 0 aromatic heterocycles. The van der Waals surface area contributed by atoms with Crippen LogP contribution in [-0.2, 0) is 0 Å². The van der Waals surface area contributed by atoms with E-state index in [1.54, 1.807) is 12.1 Å². The minimum absolute atomic E-state index is 0.0275. The molecule has 1 fully saturated rings. The summed E-state index contributed by atoms with van der Waals surface area (Å²) >= 11 is 6.05. The molecule has 110 valence electrons. The summed E-state index contributed by atoms with van der Waals surface area (Å²) in [5.41, 5.74) is 7.55. The van der Waals surface area contributed by atoms with E-state index in [4.69, 9.17) is 17.3 Å². The molecule has 0 bridgehead atoms. The summed E-state index contributed by atoms with van der Waals surface area (Å²) in [6, 6.07) is 3.69. The second-order valence-electron chi connectivity index (χ2n) is 5.27. The number of hydrogen-bond acceptors (Lipinski definition) is 4. The maximum absolute atomic E-state index is 10.9. The quantitative estimate of drug-likeness (QED) is 0.684. The summed E-state index contributed by atoms with van der Waals surface area (Å²) in [4.78, 5) is 12.8. The lowest BCUT2D eigenvalue weighted by Gasteiger charge is -2.38. The molecule has 6 heteroatoms. The zero-order valence-electron chi connectivity index (χ0n) is 11.6. The first-order valence-corrected chi connectivity index (χ1v) is 7.33. The zero-order chi connectivity index (χ0) is 14.7. The number of halogens is 1. The van der Waals surface area contributed by atoms with Crippen LogP contribution in [0.5, 0.6) is 0 Å². The average molecular weight is 298 g/mol. The summed E-state index contributed by atoms with van der Waals surface area (Å²) in [5, 5.41) is 11.1. The molecule has 5 nitrogen and oxygen atoms in total. The number of nitrogens with two attached hydrogens (primary N) is 1. The topological polar surface area (TPSA) is 72.4 Å². The van der Waals surface area contributed by atoms with Gasteiger partial charge in [-0.1, -0.05) is 11.6 Å². The highest BCUT2D eigenvalue weighted by Gasteiger charge is 2.25. The number of piperidine rings is 1. The molecule has 0 radical (unpaired) electrons. The molecule has 2 N–H and O–H groups in total.